The fourth-order valence-corrected chi connectivity index (χ4v) is 1.41. The highest BCUT2D eigenvalue weighted by Gasteiger charge is 2.09. The molecule has 0 spiro atoms. The Kier molecular flexibility index (Phi) is 6.22. The van der Waals surface area contributed by atoms with E-state index in [1.54, 1.807) is 38.1 Å². The zero-order valence-electron chi connectivity index (χ0n) is 11.5. The highest BCUT2D eigenvalue weighted by atomic mass is 16.5. The molecule has 1 aromatic carbocycles. The second-order valence-electron chi connectivity index (χ2n) is 3.86. The van der Waals surface area contributed by atoms with Crippen molar-refractivity contribution in [2.75, 3.05) is 13.2 Å². The van der Waals surface area contributed by atoms with E-state index < -0.39 is 12.0 Å². The molecule has 0 aliphatic carbocycles. The third-order valence-corrected chi connectivity index (χ3v) is 2.38. The van der Waals surface area contributed by atoms with Gasteiger partial charge in [0.15, 0.2) is 12.4 Å². The average molecular weight is 279 g/mol. The van der Waals surface area contributed by atoms with E-state index in [-0.39, 0.29) is 19.0 Å². The number of ether oxygens (including phenoxy) is 2. The molecule has 108 valence electrons. The van der Waals surface area contributed by atoms with Gasteiger partial charge in [-0.25, -0.2) is 4.79 Å². The largest absolute Gasteiger partial charge is 0.484 e. The minimum absolute atomic E-state index is 0.0385. The smallest absolute Gasteiger partial charge is 0.413 e. The number of ketones is 1. The van der Waals surface area contributed by atoms with Crippen LogP contribution in [0.2, 0.25) is 0 Å². The molecule has 0 aromatic heterocycles. The number of benzene rings is 1. The number of carbonyl (C=O) groups excluding carboxylic acids is 3. The molecule has 0 radical (unpaired) electrons. The van der Waals surface area contributed by atoms with Crippen molar-refractivity contribution in [3.63, 3.8) is 0 Å². The summed E-state index contributed by atoms with van der Waals surface area (Å²) in [5.74, 6) is -0.120. The second-order valence-corrected chi connectivity index (χ2v) is 3.86. The molecule has 6 nitrogen and oxygen atoms in total. The number of rotatable bonds is 6. The maximum atomic E-state index is 11.4. The summed E-state index contributed by atoms with van der Waals surface area (Å²) >= 11 is 0. The van der Waals surface area contributed by atoms with Crippen molar-refractivity contribution in [2.45, 2.75) is 20.3 Å². The standard InChI is InChI=1S/C14H17NO5/c1-3-12(16)10-5-7-11(8-6-10)20-9-13(17)15-14(18)19-4-2/h5-8H,3-4,9H2,1-2H3,(H,15,17,18). The fourth-order valence-electron chi connectivity index (χ4n) is 1.41. The van der Waals surface area contributed by atoms with Gasteiger partial charge in [-0.2, -0.15) is 0 Å². The quantitative estimate of drug-likeness (QED) is 0.805. The van der Waals surface area contributed by atoms with E-state index in [1.807, 2.05) is 5.32 Å². The summed E-state index contributed by atoms with van der Waals surface area (Å²) < 4.78 is 9.74. The highest BCUT2D eigenvalue weighted by Crippen LogP contribution is 2.13. The van der Waals surface area contributed by atoms with Crippen LogP contribution in [-0.2, 0) is 9.53 Å². The van der Waals surface area contributed by atoms with Crippen molar-refractivity contribution in [2.24, 2.45) is 0 Å². The molecule has 0 aliphatic rings. The van der Waals surface area contributed by atoms with Crippen LogP contribution in [0.4, 0.5) is 4.79 Å². The van der Waals surface area contributed by atoms with E-state index in [9.17, 15) is 14.4 Å². The first-order valence-electron chi connectivity index (χ1n) is 6.29. The molecule has 1 rings (SSSR count). The number of Topliss-reactive ketones (excluding diaryl/α,β-unsaturated/α-hetero) is 1. The number of hydrogen-bond donors (Lipinski definition) is 1. The van der Waals surface area contributed by atoms with E-state index in [1.165, 1.54) is 0 Å². The maximum Gasteiger partial charge on any atom is 0.413 e. The van der Waals surface area contributed by atoms with Crippen molar-refractivity contribution in [3.05, 3.63) is 29.8 Å². The molecule has 0 atom stereocenters. The van der Waals surface area contributed by atoms with Gasteiger partial charge in [-0.15, -0.1) is 0 Å². The zero-order valence-corrected chi connectivity index (χ0v) is 11.5. The summed E-state index contributed by atoms with van der Waals surface area (Å²) in [6.45, 7) is 3.30. The van der Waals surface area contributed by atoms with Crippen LogP contribution in [0.25, 0.3) is 0 Å². The summed E-state index contributed by atoms with van der Waals surface area (Å²) in [5.41, 5.74) is 0.593. The Labute approximate surface area is 117 Å². The first-order valence-corrected chi connectivity index (χ1v) is 6.29. The monoisotopic (exact) mass is 279 g/mol. The van der Waals surface area contributed by atoms with Gasteiger partial charge in [0.1, 0.15) is 5.75 Å². The second kappa shape index (κ2) is 7.93. The van der Waals surface area contributed by atoms with Gasteiger partial charge in [0.25, 0.3) is 5.91 Å². The number of amides is 2. The number of nitrogens with one attached hydrogen (secondary N) is 1. The van der Waals surface area contributed by atoms with Crippen LogP contribution in [0.1, 0.15) is 30.6 Å². The van der Waals surface area contributed by atoms with Gasteiger partial charge < -0.3 is 9.47 Å². The molecule has 0 unspecified atom stereocenters. The van der Waals surface area contributed by atoms with Crippen LogP contribution < -0.4 is 10.1 Å². The molecule has 2 amide bonds. The Morgan fingerprint density at radius 3 is 2.30 bits per heavy atom. The summed E-state index contributed by atoms with van der Waals surface area (Å²) in [6, 6.07) is 6.45. The first kappa shape index (κ1) is 15.7. The molecule has 1 aromatic rings. The van der Waals surface area contributed by atoms with Gasteiger partial charge in [-0.05, 0) is 31.2 Å². The average Bonchev–Trinajstić information content (AvgIpc) is 2.45. The van der Waals surface area contributed by atoms with E-state index in [2.05, 4.69) is 4.74 Å². The van der Waals surface area contributed by atoms with E-state index in [4.69, 9.17) is 4.74 Å². The van der Waals surface area contributed by atoms with Crippen molar-refractivity contribution in [3.8, 4) is 5.75 Å². The lowest BCUT2D eigenvalue weighted by Gasteiger charge is -2.07. The normalized spacial score (nSPS) is 9.70. The van der Waals surface area contributed by atoms with Crippen LogP contribution in [-0.4, -0.2) is 31.0 Å². The van der Waals surface area contributed by atoms with Crippen molar-refractivity contribution in [1.29, 1.82) is 0 Å². The fraction of sp³-hybridized carbons (Fsp3) is 0.357. The molecule has 0 fully saturated rings. The summed E-state index contributed by atoms with van der Waals surface area (Å²) in [7, 11) is 0. The van der Waals surface area contributed by atoms with Gasteiger partial charge in [0.2, 0.25) is 0 Å². The van der Waals surface area contributed by atoms with Crippen LogP contribution in [0, 0.1) is 0 Å². The molecule has 0 saturated heterocycles. The summed E-state index contributed by atoms with van der Waals surface area (Å²) in [4.78, 5) is 33.7. The molecule has 1 N–H and O–H groups in total. The minimum Gasteiger partial charge on any atom is -0.484 e. The van der Waals surface area contributed by atoms with Gasteiger partial charge in [0, 0.05) is 12.0 Å². The van der Waals surface area contributed by atoms with Gasteiger partial charge in [-0.1, -0.05) is 6.92 Å². The molecule has 0 heterocycles. The first-order chi connectivity index (χ1) is 9.56. The highest BCUT2D eigenvalue weighted by molar-refractivity contribution is 5.96. The van der Waals surface area contributed by atoms with Gasteiger partial charge >= 0.3 is 6.09 Å². The topological polar surface area (TPSA) is 81.7 Å². The molecule has 0 saturated carbocycles. The number of alkyl carbamates (subject to hydrolysis) is 1. The molecular weight excluding hydrogens is 262 g/mol. The predicted octanol–water partition coefficient (Wildman–Crippen LogP) is 1.93. The van der Waals surface area contributed by atoms with Crippen LogP contribution in [0.15, 0.2) is 24.3 Å². The Hall–Kier alpha value is -2.37. The van der Waals surface area contributed by atoms with Crippen LogP contribution >= 0.6 is 0 Å². The SMILES string of the molecule is CCOC(=O)NC(=O)COc1ccc(C(=O)CC)cc1. The van der Waals surface area contributed by atoms with Gasteiger partial charge in [0.05, 0.1) is 6.61 Å². The van der Waals surface area contributed by atoms with E-state index in [0.717, 1.165) is 0 Å². The van der Waals surface area contributed by atoms with Crippen molar-refractivity contribution < 1.29 is 23.9 Å². The molecular formula is C14H17NO5. The van der Waals surface area contributed by atoms with Crippen LogP contribution in [0.5, 0.6) is 5.75 Å². The maximum absolute atomic E-state index is 11.4. The van der Waals surface area contributed by atoms with Crippen LogP contribution in [0.3, 0.4) is 0 Å². The molecule has 6 heteroatoms. The van der Waals surface area contributed by atoms with Crippen molar-refractivity contribution >= 4 is 17.8 Å². The van der Waals surface area contributed by atoms with E-state index >= 15 is 0 Å². The Bertz CT molecular complexity index is 481. The predicted molar refractivity (Wildman–Crippen MR) is 71.7 cm³/mol. The third-order valence-electron chi connectivity index (χ3n) is 2.38. The number of hydrogen-bond acceptors (Lipinski definition) is 5. The lowest BCUT2D eigenvalue weighted by molar-refractivity contribution is -0.122. The molecule has 0 bridgehead atoms. The Balaban J connectivity index is 2.44. The van der Waals surface area contributed by atoms with E-state index in [0.29, 0.717) is 17.7 Å². The summed E-state index contributed by atoms with van der Waals surface area (Å²) in [6.07, 6.45) is -0.368. The van der Waals surface area contributed by atoms with Gasteiger partial charge in [-0.3, -0.25) is 14.9 Å². The minimum atomic E-state index is -0.801. The number of imide groups is 1. The lowest BCUT2D eigenvalue weighted by Crippen LogP contribution is -2.34. The Morgan fingerprint density at radius 2 is 1.75 bits per heavy atom. The van der Waals surface area contributed by atoms with Crippen molar-refractivity contribution in [1.82, 2.24) is 5.32 Å². The lowest BCUT2D eigenvalue weighted by atomic mass is 10.1. The molecule has 20 heavy (non-hydrogen) atoms. The zero-order chi connectivity index (χ0) is 15.0. The summed E-state index contributed by atoms with van der Waals surface area (Å²) in [5, 5.41) is 2.01. The Morgan fingerprint density at radius 1 is 1.10 bits per heavy atom. The number of carbonyl (C=O) groups is 3. The third kappa shape index (κ3) is 5.09. The molecule has 0 aliphatic heterocycles.